The van der Waals surface area contributed by atoms with Gasteiger partial charge in [-0.2, -0.15) is 0 Å². The zero-order chi connectivity index (χ0) is 15.3. The molecule has 0 bridgehead atoms. The van der Waals surface area contributed by atoms with Crippen LogP contribution in [0.4, 0.5) is 8.78 Å². The molecule has 2 aromatic carbocycles. The smallest absolute Gasteiger partial charge is 0.150 e. The number of rotatable bonds is 2. The van der Waals surface area contributed by atoms with E-state index in [-0.39, 0.29) is 0 Å². The van der Waals surface area contributed by atoms with Crippen molar-refractivity contribution >= 4 is 10.9 Å². The third-order valence-corrected chi connectivity index (χ3v) is 4.72. The molecule has 3 aromatic rings. The van der Waals surface area contributed by atoms with Gasteiger partial charge in [0.25, 0.3) is 0 Å². The molecule has 1 aromatic heterocycles. The van der Waals surface area contributed by atoms with Crippen molar-refractivity contribution in [2.75, 3.05) is 0 Å². The molecule has 22 heavy (non-hydrogen) atoms. The summed E-state index contributed by atoms with van der Waals surface area (Å²) in [7, 11) is 0. The van der Waals surface area contributed by atoms with E-state index in [0.717, 1.165) is 35.7 Å². The molecule has 1 aliphatic rings. The number of H-pyrrole nitrogens is 1. The van der Waals surface area contributed by atoms with Gasteiger partial charge in [0.05, 0.1) is 11.2 Å². The van der Waals surface area contributed by atoms with Crippen molar-refractivity contribution in [1.82, 2.24) is 4.98 Å². The summed E-state index contributed by atoms with van der Waals surface area (Å²) in [4.78, 5) is 3.20. The normalized spacial score (nSPS) is 15.2. The fourth-order valence-corrected chi connectivity index (χ4v) is 3.31. The second-order valence-corrected chi connectivity index (χ2v) is 6.22. The van der Waals surface area contributed by atoms with Crippen LogP contribution in [-0.4, -0.2) is 4.98 Å². The largest absolute Gasteiger partial charge is 0.352 e. The van der Waals surface area contributed by atoms with Gasteiger partial charge < -0.3 is 4.98 Å². The van der Waals surface area contributed by atoms with E-state index < -0.39 is 11.6 Å². The molecule has 0 aliphatic heterocycles. The van der Waals surface area contributed by atoms with Crippen molar-refractivity contribution in [2.45, 2.75) is 32.1 Å². The molecule has 0 amide bonds. The van der Waals surface area contributed by atoms with Gasteiger partial charge in [-0.15, -0.1) is 0 Å². The third kappa shape index (κ3) is 2.04. The van der Waals surface area contributed by atoms with Crippen LogP contribution in [-0.2, 0) is 0 Å². The Balaban J connectivity index is 2.00. The van der Waals surface area contributed by atoms with Crippen LogP contribution < -0.4 is 0 Å². The number of aromatic amines is 1. The first-order valence-electron chi connectivity index (χ1n) is 7.71. The molecule has 1 heterocycles. The van der Waals surface area contributed by atoms with Gasteiger partial charge in [0, 0.05) is 11.5 Å². The van der Waals surface area contributed by atoms with Gasteiger partial charge in [-0.25, -0.2) is 8.78 Å². The lowest BCUT2D eigenvalue weighted by atomic mass is 9.78. The van der Waals surface area contributed by atoms with Gasteiger partial charge in [0.1, 0.15) is 11.6 Å². The Morgan fingerprint density at radius 3 is 2.41 bits per heavy atom. The first-order chi connectivity index (χ1) is 10.6. The van der Waals surface area contributed by atoms with E-state index in [9.17, 15) is 8.78 Å². The average molecular weight is 297 g/mol. The van der Waals surface area contributed by atoms with Crippen LogP contribution in [0, 0.1) is 18.6 Å². The summed E-state index contributed by atoms with van der Waals surface area (Å²) in [6.07, 6.45) is 3.36. The predicted octanol–water partition coefficient (Wildman–Crippen LogP) is 5.69. The summed E-state index contributed by atoms with van der Waals surface area (Å²) in [5.41, 5.74) is 4.64. The minimum atomic E-state index is -0.520. The van der Waals surface area contributed by atoms with Crippen LogP contribution in [0.1, 0.15) is 36.3 Å². The molecule has 112 valence electrons. The average Bonchev–Trinajstić information content (AvgIpc) is 2.78. The van der Waals surface area contributed by atoms with Crippen LogP contribution in [0.25, 0.3) is 22.2 Å². The second kappa shape index (κ2) is 4.94. The van der Waals surface area contributed by atoms with Gasteiger partial charge in [-0.3, -0.25) is 0 Å². The van der Waals surface area contributed by atoms with Gasteiger partial charge in [-0.05, 0) is 42.9 Å². The number of aromatic nitrogens is 1. The van der Waals surface area contributed by atoms with Crippen LogP contribution >= 0.6 is 0 Å². The SMILES string of the molecule is Cc1ccc(-c2[nH]c3c(F)cc(F)cc3c2C2CCC2)cc1. The lowest BCUT2D eigenvalue weighted by Gasteiger charge is -2.26. The Kier molecular flexibility index (Phi) is 3.03. The number of hydrogen-bond donors (Lipinski definition) is 1. The molecule has 0 atom stereocenters. The van der Waals surface area contributed by atoms with Gasteiger partial charge in [-0.1, -0.05) is 36.2 Å². The Morgan fingerprint density at radius 1 is 1.05 bits per heavy atom. The molecule has 1 nitrogen and oxygen atoms in total. The highest BCUT2D eigenvalue weighted by molar-refractivity contribution is 5.92. The first-order valence-corrected chi connectivity index (χ1v) is 7.71. The lowest BCUT2D eigenvalue weighted by Crippen LogP contribution is -2.09. The third-order valence-electron chi connectivity index (χ3n) is 4.72. The van der Waals surface area contributed by atoms with E-state index in [1.807, 2.05) is 31.2 Å². The number of fused-ring (bicyclic) bond motifs is 1. The van der Waals surface area contributed by atoms with E-state index >= 15 is 0 Å². The molecular formula is C19H17F2N. The Hall–Kier alpha value is -2.16. The number of benzene rings is 2. The first kappa shape index (κ1) is 13.5. The Labute approximate surface area is 128 Å². The number of nitrogens with one attached hydrogen (secondary N) is 1. The van der Waals surface area contributed by atoms with Crippen LogP contribution in [0.3, 0.4) is 0 Å². The lowest BCUT2D eigenvalue weighted by molar-refractivity contribution is 0.423. The van der Waals surface area contributed by atoms with Gasteiger partial charge in [0.15, 0.2) is 0 Å². The minimum Gasteiger partial charge on any atom is -0.352 e. The fraction of sp³-hybridized carbons (Fsp3) is 0.263. The molecule has 1 fully saturated rings. The summed E-state index contributed by atoms with van der Waals surface area (Å²) in [5.74, 6) is -0.639. The topological polar surface area (TPSA) is 15.8 Å². The van der Waals surface area contributed by atoms with E-state index in [0.29, 0.717) is 16.8 Å². The summed E-state index contributed by atoms with van der Waals surface area (Å²) < 4.78 is 27.8. The van der Waals surface area contributed by atoms with Crippen LogP contribution in [0.2, 0.25) is 0 Å². The number of aryl methyl sites for hydroxylation is 1. The molecular weight excluding hydrogens is 280 g/mol. The van der Waals surface area contributed by atoms with Gasteiger partial charge in [0.2, 0.25) is 0 Å². The molecule has 0 spiro atoms. The van der Waals surface area contributed by atoms with Crippen molar-refractivity contribution in [3.05, 3.63) is 59.2 Å². The maximum atomic E-state index is 14.1. The summed E-state index contributed by atoms with van der Waals surface area (Å²) in [6.45, 7) is 2.04. The standard InChI is InChI=1S/C19H17F2N/c1-11-5-7-13(8-6-11)18-17(12-3-2-4-12)15-9-14(20)10-16(21)19(15)22-18/h5-10,12,22H,2-4H2,1H3. The summed E-state index contributed by atoms with van der Waals surface area (Å²) in [5, 5.41) is 0.692. The van der Waals surface area contributed by atoms with E-state index in [2.05, 4.69) is 4.98 Å². The predicted molar refractivity (Wildman–Crippen MR) is 85.0 cm³/mol. The minimum absolute atomic E-state index is 0.395. The molecule has 3 heteroatoms. The molecule has 0 radical (unpaired) electrons. The van der Waals surface area contributed by atoms with Crippen LogP contribution in [0.5, 0.6) is 0 Å². The molecule has 1 saturated carbocycles. The van der Waals surface area contributed by atoms with E-state index in [1.165, 1.54) is 18.1 Å². The van der Waals surface area contributed by atoms with Crippen molar-refractivity contribution in [3.8, 4) is 11.3 Å². The highest BCUT2D eigenvalue weighted by Gasteiger charge is 2.27. The van der Waals surface area contributed by atoms with Crippen molar-refractivity contribution < 1.29 is 8.78 Å². The molecule has 0 saturated heterocycles. The second-order valence-electron chi connectivity index (χ2n) is 6.22. The van der Waals surface area contributed by atoms with Crippen molar-refractivity contribution in [2.24, 2.45) is 0 Å². The molecule has 1 aliphatic carbocycles. The maximum Gasteiger partial charge on any atom is 0.150 e. The molecule has 4 rings (SSSR count). The van der Waals surface area contributed by atoms with Crippen molar-refractivity contribution in [1.29, 1.82) is 0 Å². The highest BCUT2D eigenvalue weighted by atomic mass is 19.1. The zero-order valence-corrected chi connectivity index (χ0v) is 12.4. The van der Waals surface area contributed by atoms with E-state index in [1.54, 1.807) is 0 Å². The fourth-order valence-electron chi connectivity index (χ4n) is 3.31. The number of halogens is 2. The maximum absolute atomic E-state index is 14.1. The van der Waals surface area contributed by atoms with Gasteiger partial charge >= 0.3 is 0 Å². The monoisotopic (exact) mass is 297 g/mol. The summed E-state index contributed by atoms with van der Waals surface area (Å²) >= 11 is 0. The zero-order valence-electron chi connectivity index (χ0n) is 12.4. The quantitative estimate of drug-likeness (QED) is 0.625. The van der Waals surface area contributed by atoms with Crippen molar-refractivity contribution in [3.63, 3.8) is 0 Å². The Morgan fingerprint density at radius 2 is 1.77 bits per heavy atom. The Bertz CT molecular complexity index is 842. The number of hydrogen-bond acceptors (Lipinski definition) is 0. The summed E-state index contributed by atoms with van der Waals surface area (Å²) in [6, 6.07) is 10.6. The highest BCUT2D eigenvalue weighted by Crippen LogP contribution is 2.45. The molecule has 0 unspecified atom stereocenters. The van der Waals surface area contributed by atoms with Crippen LogP contribution in [0.15, 0.2) is 36.4 Å². The molecule has 1 N–H and O–H groups in total. The van der Waals surface area contributed by atoms with E-state index in [4.69, 9.17) is 0 Å².